The zero-order valence-corrected chi connectivity index (χ0v) is 23.9. The number of carbonyl (C=O) groups is 2. The second kappa shape index (κ2) is 12.2. The van der Waals surface area contributed by atoms with E-state index >= 15 is 0 Å². The van der Waals surface area contributed by atoms with Crippen molar-refractivity contribution in [3.8, 4) is 0 Å². The van der Waals surface area contributed by atoms with Crippen molar-refractivity contribution in [3.63, 3.8) is 0 Å². The molecule has 1 heterocycles. The second-order valence-corrected chi connectivity index (χ2v) is 12.7. The van der Waals surface area contributed by atoms with Gasteiger partial charge in [0.25, 0.3) is 20.0 Å². The Hall–Kier alpha value is -3.42. The summed E-state index contributed by atoms with van der Waals surface area (Å²) in [5.41, 5.74) is 1.69. The lowest BCUT2D eigenvalue weighted by atomic mass is 9.98. The van der Waals surface area contributed by atoms with Gasteiger partial charge >= 0.3 is 12.1 Å². The van der Waals surface area contributed by atoms with Crippen molar-refractivity contribution in [2.75, 3.05) is 13.1 Å². The van der Waals surface area contributed by atoms with Crippen LogP contribution < -0.4 is 20.1 Å². The fourth-order valence-corrected chi connectivity index (χ4v) is 5.87. The highest BCUT2D eigenvalue weighted by Crippen LogP contribution is 2.32. The average Bonchev–Trinajstić information content (AvgIpc) is 3.25. The number of nitrogens with one attached hydrogen (secondary N) is 4. The first-order valence-electron chi connectivity index (χ1n) is 12.4. The lowest BCUT2D eigenvalue weighted by Gasteiger charge is -2.28. The van der Waals surface area contributed by atoms with Crippen LogP contribution >= 0.6 is 0 Å². The van der Waals surface area contributed by atoms with Crippen LogP contribution in [0.2, 0.25) is 0 Å². The minimum Gasteiger partial charge on any atom is -0.360 e. The molecule has 212 valence electrons. The summed E-state index contributed by atoms with van der Waals surface area (Å²) in [5, 5.41) is 5.09. The smallest absolute Gasteiger partial charge is 0.328 e. The molecule has 1 aliphatic heterocycles. The number of carbonyl (C=O) groups excluding carboxylic acids is 2. The van der Waals surface area contributed by atoms with Gasteiger partial charge in [-0.25, -0.2) is 35.9 Å². The monoisotopic (exact) mass is 578 g/mol. The van der Waals surface area contributed by atoms with E-state index in [4.69, 9.17) is 4.74 Å². The zero-order valence-electron chi connectivity index (χ0n) is 22.3. The van der Waals surface area contributed by atoms with Gasteiger partial charge in [0.1, 0.15) is 5.60 Å². The fourth-order valence-electron chi connectivity index (χ4n) is 4.01. The van der Waals surface area contributed by atoms with Crippen molar-refractivity contribution >= 4 is 32.1 Å². The molecule has 0 saturated heterocycles. The minimum absolute atomic E-state index is 0.00925. The van der Waals surface area contributed by atoms with E-state index in [0.29, 0.717) is 12.8 Å². The molecule has 13 heteroatoms. The van der Waals surface area contributed by atoms with E-state index in [-0.39, 0.29) is 22.9 Å². The van der Waals surface area contributed by atoms with Crippen LogP contribution in [-0.4, -0.2) is 53.7 Å². The third kappa shape index (κ3) is 7.80. The maximum absolute atomic E-state index is 12.5. The highest BCUT2D eigenvalue weighted by atomic mass is 32.2. The largest absolute Gasteiger partial charge is 0.360 e. The van der Waals surface area contributed by atoms with Crippen LogP contribution in [-0.2, 0) is 24.8 Å². The molecule has 4 amide bonds. The van der Waals surface area contributed by atoms with E-state index in [1.54, 1.807) is 24.3 Å². The number of benzene rings is 2. The number of rotatable bonds is 10. The first-order valence-corrected chi connectivity index (χ1v) is 15.4. The molecule has 2 aromatic rings. The van der Waals surface area contributed by atoms with Gasteiger partial charge in [-0.05, 0) is 62.6 Å². The normalized spacial score (nSPS) is 19.2. The number of urea groups is 2. The standard InChI is InChI=1S/C26H34N4O7S2/c1-5-20-15-26(6-2,17-28-25(32)30-39(35,36)22-13-9-19(4)10-14-22)37-23(20)16-27-24(31)29-38(33,34)21-11-7-18(3)8-12-21/h7-15,23H,5-6,16-17H2,1-4H3,(H2,27,29,31)(H2,28,30,32). The van der Waals surface area contributed by atoms with Crippen molar-refractivity contribution in [1.82, 2.24) is 20.1 Å². The second-order valence-electron chi connectivity index (χ2n) is 9.33. The van der Waals surface area contributed by atoms with E-state index in [9.17, 15) is 26.4 Å². The Morgan fingerprint density at radius 1 is 0.795 bits per heavy atom. The predicted octanol–water partition coefficient (Wildman–Crippen LogP) is 2.86. The number of ether oxygens (including phenoxy) is 1. The molecule has 3 rings (SSSR count). The first-order chi connectivity index (χ1) is 18.3. The van der Waals surface area contributed by atoms with Crippen molar-refractivity contribution in [2.24, 2.45) is 0 Å². The Morgan fingerprint density at radius 3 is 1.69 bits per heavy atom. The van der Waals surface area contributed by atoms with Gasteiger partial charge < -0.3 is 15.4 Å². The molecule has 1 aliphatic rings. The van der Waals surface area contributed by atoms with Crippen molar-refractivity contribution < 1.29 is 31.2 Å². The molecule has 2 unspecified atom stereocenters. The Kier molecular flexibility index (Phi) is 9.41. The van der Waals surface area contributed by atoms with Crippen LogP contribution in [0.1, 0.15) is 37.8 Å². The number of amides is 4. The van der Waals surface area contributed by atoms with Gasteiger partial charge in [-0.2, -0.15) is 0 Å². The maximum Gasteiger partial charge on any atom is 0.328 e. The molecule has 2 atom stereocenters. The minimum atomic E-state index is -4.05. The Labute approximate surface area is 229 Å². The molecule has 39 heavy (non-hydrogen) atoms. The summed E-state index contributed by atoms with van der Waals surface area (Å²) in [6, 6.07) is 10.4. The van der Waals surface area contributed by atoms with E-state index in [2.05, 4.69) is 10.6 Å². The van der Waals surface area contributed by atoms with E-state index in [0.717, 1.165) is 16.7 Å². The van der Waals surface area contributed by atoms with Gasteiger partial charge in [0, 0.05) is 6.54 Å². The lowest BCUT2D eigenvalue weighted by Crippen LogP contribution is -2.48. The number of hydrogen-bond acceptors (Lipinski definition) is 7. The number of aryl methyl sites for hydroxylation is 2. The van der Waals surface area contributed by atoms with Gasteiger partial charge in [-0.3, -0.25) is 0 Å². The fraction of sp³-hybridized carbons (Fsp3) is 0.385. The Bertz CT molecular complexity index is 1440. The van der Waals surface area contributed by atoms with Crippen LogP contribution in [0.5, 0.6) is 0 Å². The highest BCUT2D eigenvalue weighted by molar-refractivity contribution is 7.90. The molecular formula is C26H34N4O7S2. The summed E-state index contributed by atoms with van der Waals surface area (Å²) >= 11 is 0. The van der Waals surface area contributed by atoms with Crippen molar-refractivity contribution in [2.45, 2.75) is 62.0 Å². The molecular weight excluding hydrogens is 544 g/mol. The summed E-state index contributed by atoms with van der Waals surface area (Å²) in [7, 11) is -8.10. The lowest BCUT2D eigenvalue weighted by molar-refractivity contribution is -0.0246. The highest BCUT2D eigenvalue weighted by Gasteiger charge is 2.38. The van der Waals surface area contributed by atoms with Crippen molar-refractivity contribution in [1.29, 1.82) is 0 Å². The van der Waals surface area contributed by atoms with Crippen LogP contribution in [0.25, 0.3) is 0 Å². The predicted molar refractivity (Wildman–Crippen MR) is 146 cm³/mol. The molecule has 0 fully saturated rings. The van der Waals surface area contributed by atoms with Gasteiger partial charge in [0.05, 0.1) is 22.4 Å². The summed E-state index contributed by atoms with van der Waals surface area (Å²) in [4.78, 5) is 24.7. The maximum atomic E-state index is 12.5. The van der Waals surface area contributed by atoms with E-state index in [1.807, 2.05) is 43.2 Å². The molecule has 0 spiro atoms. The number of hydrogen-bond donors (Lipinski definition) is 4. The summed E-state index contributed by atoms with van der Waals surface area (Å²) in [6.07, 6.45) is 2.33. The SMILES string of the molecule is CCC1=CC(CC)(CNC(=O)NS(=O)(=O)c2ccc(C)cc2)OC1CNC(=O)NS(=O)(=O)c1ccc(C)cc1. The third-order valence-corrected chi connectivity index (χ3v) is 9.05. The molecule has 0 bridgehead atoms. The van der Waals surface area contributed by atoms with E-state index < -0.39 is 43.8 Å². The summed E-state index contributed by atoms with van der Waals surface area (Å²) < 4.78 is 60.1. The van der Waals surface area contributed by atoms with E-state index in [1.165, 1.54) is 24.3 Å². The summed E-state index contributed by atoms with van der Waals surface area (Å²) in [5.74, 6) is 0. The molecule has 4 N–H and O–H groups in total. The molecule has 0 aromatic heterocycles. The van der Waals surface area contributed by atoms with Gasteiger partial charge in [0.2, 0.25) is 0 Å². The van der Waals surface area contributed by atoms with Gasteiger partial charge in [0.15, 0.2) is 0 Å². The molecule has 2 aromatic carbocycles. The summed E-state index contributed by atoms with van der Waals surface area (Å²) in [6.45, 7) is 7.37. The Balaban J connectivity index is 1.57. The van der Waals surface area contributed by atoms with Gasteiger partial charge in [-0.1, -0.05) is 49.2 Å². The molecule has 0 saturated carbocycles. The quantitative estimate of drug-likeness (QED) is 0.315. The molecule has 0 radical (unpaired) electrons. The molecule has 11 nitrogen and oxygen atoms in total. The third-order valence-electron chi connectivity index (χ3n) is 6.36. The van der Waals surface area contributed by atoms with Crippen LogP contribution in [0.3, 0.4) is 0 Å². The van der Waals surface area contributed by atoms with Crippen LogP contribution in [0.4, 0.5) is 9.59 Å². The molecule has 0 aliphatic carbocycles. The zero-order chi connectivity index (χ0) is 28.8. The van der Waals surface area contributed by atoms with Gasteiger partial charge in [-0.15, -0.1) is 0 Å². The van der Waals surface area contributed by atoms with Crippen molar-refractivity contribution in [3.05, 3.63) is 71.3 Å². The number of sulfonamides is 2. The average molecular weight is 579 g/mol. The topological polar surface area (TPSA) is 160 Å². The first kappa shape index (κ1) is 30.1. The van der Waals surface area contributed by atoms with Crippen LogP contribution in [0.15, 0.2) is 70.0 Å². The Morgan fingerprint density at radius 2 is 1.26 bits per heavy atom. The van der Waals surface area contributed by atoms with Crippen LogP contribution in [0, 0.1) is 13.8 Å².